The molecule has 1 aromatic heterocycles. The van der Waals surface area contributed by atoms with E-state index < -0.39 is 50.8 Å². The zero-order chi connectivity index (χ0) is 31.2. The van der Waals surface area contributed by atoms with Gasteiger partial charge in [0, 0.05) is 24.3 Å². The van der Waals surface area contributed by atoms with Crippen LogP contribution in [0.25, 0.3) is 10.8 Å². The van der Waals surface area contributed by atoms with Gasteiger partial charge in [0.1, 0.15) is 6.04 Å². The van der Waals surface area contributed by atoms with Gasteiger partial charge in [-0.05, 0) is 72.2 Å². The average Bonchev–Trinajstić information content (AvgIpc) is 3.80. The number of nitrogens with two attached hydrogens (primary N) is 1. The molecular weight excluding hydrogens is 587 g/mol. The lowest BCUT2D eigenvalue weighted by molar-refractivity contribution is -0.143. The van der Waals surface area contributed by atoms with Crippen LogP contribution in [0.15, 0.2) is 84.0 Å². The molecule has 3 atom stereocenters. The first-order valence-corrected chi connectivity index (χ1v) is 15.7. The quantitative estimate of drug-likeness (QED) is 0.206. The Labute approximate surface area is 253 Å². The van der Waals surface area contributed by atoms with Crippen molar-refractivity contribution in [2.24, 2.45) is 11.8 Å². The number of hydrazine groups is 1. The van der Waals surface area contributed by atoms with Gasteiger partial charge in [-0.2, -0.15) is 0 Å². The van der Waals surface area contributed by atoms with E-state index in [4.69, 9.17) is 10.6 Å². The van der Waals surface area contributed by atoms with Crippen LogP contribution in [0, 0.1) is 11.7 Å². The molecule has 1 aliphatic carbocycles. The molecule has 6 rings (SSSR count). The van der Waals surface area contributed by atoms with Crippen LogP contribution < -0.4 is 15.6 Å². The second-order valence-electron chi connectivity index (χ2n) is 11.1. The van der Waals surface area contributed by atoms with Crippen molar-refractivity contribution in [2.45, 2.75) is 41.5 Å². The maximum Gasteiger partial charge on any atom is 0.309 e. The van der Waals surface area contributed by atoms with Crippen LogP contribution in [0.4, 0.5) is 10.1 Å². The number of ether oxygens (including phenoxy) is 1. The summed E-state index contributed by atoms with van der Waals surface area (Å²) in [4.78, 5) is 32.8. The predicted molar refractivity (Wildman–Crippen MR) is 161 cm³/mol. The van der Waals surface area contributed by atoms with Gasteiger partial charge in [-0.25, -0.2) is 18.7 Å². The van der Waals surface area contributed by atoms with Gasteiger partial charge in [0.2, 0.25) is 0 Å². The Morgan fingerprint density at radius 3 is 2.57 bits per heavy atom. The average molecular weight is 619 g/mol. The molecule has 3 N–H and O–H groups in total. The van der Waals surface area contributed by atoms with Crippen molar-refractivity contribution in [2.75, 3.05) is 18.7 Å². The minimum absolute atomic E-state index is 0.0335. The molecule has 3 aromatic carbocycles. The number of anilines is 1. The lowest BCUT2D eigenvalue weighted by Gasteiger charge is -2.36. The highest BCUT2D eigenvalue weighted by Crippen LogP contribution is 2.45. The number of carbonyl (C=O) groups excluding carboxylic acids is 1. The Kier molecular flexibility index (Phi) is 7.72. The van der Waals surface area contributed by atoms with Crippen molar-refractivity contribution in [1.82, 2.24) is 9.88 Å². The number of aliphatic carboxylic acids is 1. The van der Waals surface area contributed by atoms with Crippen LogP contribution in [0.5, 0.6) is 5.75 Å². The van der Waals surface area contributed by atoms with Gasteiger partial charge in [0.15, 0.2) is 21.4 Å². The van der Waals surface area contributed by atoms with E-state index in [0.717, 1.165) is 10.8 Å². The van der Waals surface area contributed by atoms with E-state index in [-0.39, 0.29) is 29.2 Å². The molecule has 2 fully saturated rings. The lowest BCUT2D eigenvalue weighted by atomic mass is 9.93. The van der Waals surface area contributed by atoms with Gasteiger partial charge in [0.05, 0.1) is 34.9 Å². The number of halogens is 1. The Morgan fingerprint density at radius 2 is 1.84 bits per heavy atom. The van der Waals surface area contributed by atoms with Gasteiger partial charge in [-0.15, -0.1) is 0 Å². The lowest BCUT2D eigenvalue weighted by Crippen LogP contribution is -2.47. The van der Waals surface area contributed by atoms with Crippen molar-refractivity contribution >= 4 is 38.2 Å². The molecule has 0 spiro atoms. The number of methoxy groups -OCH3 is 1. The topological polar surface area (TPSA) is 143 Å². The Balaban J connectivity index is 1.47. The number of rotatable bonds is 9. The SMILES string of the molecule is COc1cc([C@H](C(=O)N2CC[C@@H](C(=O)O)[C@H]2c2ccccc2S(=O)(=O)C2CC2)N(N)c2ccc3cnccc3c2)ccc1F. The molecule has 0 unspecified atom stereocenters. The van der Waals surface area contributed by atoms with Crippen LogP contribution in [-0.2, 0) is 19.4 Å². The molecule has 1 amide bonds. The maximum absolute atomic E-state index is 14.7. The van der Waals surface area contributed by atoms with Gasteiger partial charge in [-0.1, -0.05) is 30.3 Å². The summed E-state index contributed by atoms with van der Waals surface area (Å²) >= 11 is 0. The second-order valence-corrected chi connectivity index (χ2v) is 13.3. The molecule has 12 heteroatoms. The standard InChI is InChI=1S/C32H31FN4O6S/c1-43-27-17-20(7-11-26(27)33)29(37(34)22-8-6-21-18-35-14-12-19(21)16-22)31(38)36-15-13-25(32(39)40)30(36)24-4-2-3-5-28(24)44(41,42)23-9-10-23/h2-8,11-12,14,16-18,23,25,29-30H,9-10,13,15,34H2,1H3,(H,39,40)/t25-,29-,30-/m1/s1. The molecule has 1 saturated carbocycles. The number of carboxylic acid groups (broad SMARTS) is 1. The number of likely N-dealkylation sites (tertiary alicyclic amines) is 1. The van der Waals surface area contributed by atoms with Crippen molar-refractivity contribution in [3.05, 3.63) is 96.1 Å². The van der Waals surface area contributed by atoms with Crippen LogP contribution >= 0.6 is 0 Å². The first kappa shape index (κ1) is 29.5. The fourth-order valence-electron chi connectivity index (χ4n) is 6.03. The molecule has 1 saturated heterocycles. The minimum atomic E-state index is -3.73. The summed E-state index contributed by atoms with van der Waals surface area (Å²) < 4.78 is 46.6. The third-order valence-corrected chi connectivity index (χ3v) is 10.8. The summed E-state index contributed by atoms with van der Waals surface area (Å²) in [5.74, 6) is 3.22. The normalized spacial score (nSPS) is 19.1. The summed E-state index contributed by atoms with van der Waals surface area (Å²) in [6.45, 7) is 0.0460. The smallest absolute Gasteiger partial charge is 0.309 e. The van der Waals surface area contributed by atoms with Crippen molar-refractivity contribution in [3.63, 3.8) is 0 Å². The Hall–Kier alpha value is -4.55. The van der Waals surface area contributed by atoms with Crippen molar-refractivity contribution in [3.8, 4) is 5.75 Å². The summed E-state index contributed by atoms with van der Waals surface area (Å²) in [5, 5.41) is 12.6. The predicted octanol–water partition coefficient (Wildman–Crippen LogP) is 4.41. The van der Waals surface area contributed by atoms with E-state index in [1.165, 1.54) is 41.3 Å². The minimum Gasteiger partial charge on any atom is -0.494 e. The van der Waals surface area contributed by atoms with Gasteiger partial charge >= 0.3 is 5.97 Å². The molecule has 2 aliphatic rings. The molecular formula is C32H31FN4O6S. The molecule has 1 aliphatic heterocycles. The molecule has 10 nitrogen and oxygen atoms in total. The molecule has 44 heavy (non-hydrogen) atoms. The zero-order valence-corrected chi connectivity index (χ0v) is 24.7. The highest BCUT2D eigenvalue weighted by molar-refractivity contribution is 7.92. The summed E-state index contributed by atoms with van der Waals surface area (Å²) in [6.07, 6.45) is 4.50. The van der Waals surface area contributed by atoms with Gasteiger partial charge < -0.3 is 14.7 Å². The Bertz CT molecular complexity index is 1860. The van der Waals surface area contributed by atoms with Crippen LogP contribution in [0.2, 0.25) is 0 Å². The van der Waals surface area contributed by atoms with Gasteiger partial charge in [-0.3, -0.25) is 19.6 Å². The fraction of sp³-hybridized carbons (Fsp3) is 0.281. The van der Waals surface area contributed by atoms with Crippen LogP contribution in [0.3, 0.4) is 0 Å². The van der Waals surface area contributed by atoms with Crippen LogP contribution in [-0.4, -0.2) is 54.2 Å². The number of benzene rings is 3. The molecule has 2 heterocycles. The third-order valence-electron chi connectivity index (χ3n) is 8.43. The fourth-order valence-corrected chi connectivity index (χ4v) is 7.93. The number of amides is 1. The van der Waals surface area contributed by atoms with Gasteiger partial charge in [0.25, 0.3) is 5.91 Å². The van der Waals surface area contributed by atoms with Crippen LogP contribution in [0.1, 0.15) is 42.5 Å². The number of hydrogen-bond donors (Lipinski definition) is 2. The molecule has 228 valence electrons. The highest BCUT2D eigenvalue weighted by Gasteiger charge is 2.48. The third kappa shape index (κ3) is 5.24. The number of hydrogen-bond acceptors (Lipinski definition) is 8. The van der Waals surface area contributed by atoms with E-state index in [1.54, 1.807) is 48.8 Å². The number of carboxylic acids is 1. The Morgan fingerprint density at radius 1 is 1.07 bits per heavy atom. The summed E-state index contributed by atoms with van der Waals surface area (Å²) in [7, 11) is -2.42. The number of fused-ring (bicyclic) bond motifs is 1. The molecule has 4 aromatic rings. The number of pyridine rings is 1. The van der Waals surface area contributed by atoms with E-state index in [1.807, 2.05) is 6.07 Å². The number of sulfone groups is 1. The monoisotopic (exact) mass is 618 g/mol. The second kappa shape index (κ2) is 11.5. The van der Waals surface area contributed by atoms with E-state index in [0.29, 0.717) is 24.1 Å². The maximum atomic E-state index is 14.7. The largest absolute Gasteiger partial charge is 0.494 e. The summed E-state index contributed by atoms with van der Waals surface area (Å²) in [6, 6.07) is 15.1. The molecule has 0 bridgehead atoms. The molecule has 0 radical (unpaired) electrons. The first-order valence-electron chi connectivity index (χ1n) is 14.2. The van der Waals surface area contributed by atoms with Crippen molar-refractivity contribution < 1.29 is 32.2 Å². The number of aromatic nitrogens is 1. The van der Waals surface area contributed by atoms with E-state index in [2.05, 4.69) is 4.98 Å². The number of nitrogens with zero attached hydrogens (tertiary/aromatic N) is 3. The first-order chi connectivity index (χ1) is 21.1. The summed E-state index contributed by atoms with van der Waals surface area (Å²) in [5.41, 5.74) is 1.03. The van der Waals surface area contributed by atoms with E-state index in [9.17, 15) is 27.5 Å². The van der Waals surface area contributed by atoms with E-state index >= 15 is 0 Å². The van der Waals surface area contributed by atoms with Crippen molar-refractivity contribution in [1.29, 1.82) is 0 Å². The highest BCUT2D eigenvalue weighted by atomic mass is 32.2. The zero-order valence-electron chi connectivity index (χ0n) is 23.8. The number of carbonyl (C=O) groups is 2.